The summed E-state index contributed by atoms with van der Waals surface area (Å²) in [6, 6.07) is 7.18. The fourth-order valence-electron chi connectivity index (χ4n) is 1.86. The summed E-state index contributed by atoms with van der Waals surface area (Å²) >= 11 is 3.39. The van der Waals surface area contributed by atoms with Crippen LogP contribution in [0.15, 0.2) is 33.2 Å². The first-order valence-electron chi connectivity index (χ1n) is 6.07. The highest BCUT2D eigenvalue weighted by molar-refractivity contribution is 9.10. The van der Waals surface area contributed by atoms with Crippen molar-refractivity contribution in [3.8, 4) is 0 Å². The fraction of sp³-hybridized carbons (Fsp3) is 0.357. The van der Waals surface area contributed by atoms with Gasteiger partial charge in [-0.15, -0.1) is 0 Å². The SMILES string of the molecule is COCCC(N)CC(=O)c1cc2cc(Br)ccc2o1. The smallest absolute Gasteiger partial charge is 0.199 e. The number of hydrogen-bond acceptors (Lipinski definition) is 4. The van der Waals surface area contributed by atoms with E-state index in [1.807, 2.05) is 18.2 Å². The van der Waals surface area contributed by atoms with Gasteiger partial charge in [0.25, 0.3) is 0 Å². The summed E-state index contributed by atoms with van der Waals surface area (Å²) in [4.78, 5) is 12.0. The average molecular weight is 326 g/mol. The number of rotatable bonds is 6. The van der Waals surface area contributed by atoms with E-state index in [0.717, 1.165) is 9.86 Å². The van der Waals surface area contributed by atoms with Crippen LogP contribution in [0.3, 0.4) is 0 Å². The lowest BCUT2D eigenvalue weighted by Gasteiger charge is -2.08. The lowest BCUT2D eigenvalue weighted by Crippen LogP contribution is -2.25. The molecular formula is C14H16BrNO3. The summed E-state index contributed by atoms with van der Waals surface area (Å²) in [5, 5.41) is 0.906. The third-order valence-electron chi connectivity index (χ3n) is 2.89. The van der Waals surface area contributed by atoms with Gasteiger partial charge in [0.15, 0.2) is 11.5 Å². The molecule has 0 fully saturated rings. The third kappa shape index (κ3) is 3.65. The number of hydrogen-bond donors (Lipinski definition) is 1. The lowest BCUT2D eigenvalue weighted by atomic mass is 10.1. The van der Waals surface area contributed by atoms with E-state index >= 15 is 0 Å². The van der Waals surface area contributed by atoms with Gasteiger partial charge in [-0.25, -0.2) is 0 Å². The highest BCUT2D eigenvalue weighted by Gasteiger charge is 2.16. The van der Waals surface area contributed by atoms with Gasteiger partial charge in [0.1, 0.15) is 5.58 Å². The molecule has 0 aliphatic heterocycles. The van der Waals surface area contributed by atoms with Crippen molar-refractivity contribution in [1.82, 2.24) is 0 Å². The monoisotopic (exact) mass is 325 g/mol. The van der Waals surface area contributed by atoms with Crippen LogP contribution in [0.25, 0.3) is 11.0 Å². The Hall–Kier alpha value is -1.17. The molecule has 2 N–H and O–H groups in total. The highest BCUT2D eigenvalue weighted by Crippen LogP contribution is 2.24. The van der Waals surface area contributed by atoms with Crippen molar-refractivity contribution in [1.29, 1.82) is 0 Å². The van der Waals surface area contributed by atoms with Crippen LogP contribution in [0.5, 0.6) is 0 Å². The molecule has 0 saturated heterocycles. The molecule has 0 radical (unpaired) electrons. The Morgan fingerprint density at radius 2 is 2.26 bits per heavy atom. The van der Waals surface area contributed by atoms with Crippen LogP contribution < -0.4 is 5.73 Å². The largest absolute Gasteiger partial charge is 0.453 e. The van der Waals surface area contributed by atoms with Gasteiger partial charge < -0.3 is 14.9 Å². The van der Waals surface area contributed by atoms with Gasteiger partial charge in [-0.3, -0.25) is 4.79 Å². The molecule has 4 nitrogen and oxygen atoms in total. The zero-order valence-corrected chi connectivity index (χ0v) is 12.3. The van der Waals surface area contributed by atoms with Crippen molar-refractivity contribution in [3.05, 3.63) is 34.5 Å². The molecule has 0 bridgehead atoms. The normalized spacial score (nSPS) is 12.8. The van der Waals surface area contributed by atoms with Crippen LogP contribution in [0.1, 0.15) is 23.4 Å². The first kappa shape index (κ1) is 14.2. The van der Waals surface area contributed by atoms with E-state index < -0.39 is 0 Å². The Balaban J connectivity index is 2.08. The first-order valence-corrected chi connectivity index (χ1v) is 6.86. The van der Waals surface area contributed by atoms with Crippen molar-refractivity contribution >= 4 is 32.7 Å². The number of methoxy groups -OCH3 is 1. The topological polar surface area (TPSA) is 65.5 Å². The minimum absolute atomic E-state index is 0.0732. The Labute approximate surface area is 120 Å². The quantitative estimate of drug-likeness (QED) is 0.828. The summed E-state index contributed by atoms with van der Waals surface area (Å²) in [6.07, 6.45) is 0.929. The molecule has 0 spiro atoms. The molecular weight excluding hydrogens is 310 g/mol. The first-order chi connectivity index (χ1) is 9.10. The molecule has 1 unspecified atom stereocenters. The molecule has 0 aliphatic carbocycles. The number of halogens is 1. The van der Waals surface area contributed by atoms with Crippen LogP contribution in [0, 0.1) is 0 Å². The second-order valence-corrected chi connectivity index (χ2v) is 5.38. The van der Waals surface area contributed by atoms with Gasteiger partial charge in [-0.1, -0.05) is 15.9 Å². The molecule has 19 heavy (non-hydrogen) atoms. The fourth-order valence-corrected chi connectivity index (χ4v) is 2.24. The number of fused-ring (bicyclic) bond motifs is 1. The van der Waals surface area contributed by atoms with Crippen molar-refractivity contribution in [2.45, 2.75) is 18.9 Å². The number of benzene rings is 1. The number of ketones is 1. The lowest BCUT2D eigenvalue weighted by molar-refractivity contribution is 0.0942. The Morgan fingerprint density at radius 3 is 3.00 bits per heavy atom. The molecule has 2 rings (SSSR count). The highest BCUT2D eigenvalue weighted by atomic mass is 79.9. The van der Waals surface area contributed by atoms with Crippen molar-refractivity contribution < 1.29 is 13.9 Å². The molecule has 0 amide bonds. The minimum atomic E-state index is -0.201. The molecule has 0 aliphatic rings. The van der Waals surface area contributed by atoms with Crippen LogP contribution >= 0.6 is 15.9 Å². The molecule has 1 heterocycles. The maximum Gasteiger partial charge on any atom is 0.199 e. The number of carbonyl (C=O) groups excluding carboxylic acids is 1. The van der Waals surface area contributed by atoms with Gasteiger partial charge in [0.05, 0.1) is 0 Å². The number of furan rings is 1. The molecule has 1 aromatic carbocycles. The second kappa shape index (κ2) is 6.32. The average Bonchev–Trinajstić information content (AvgIpc) is 2.79. The van der Waals surface area contributed by atoms with Gasteiger partial charge in [-0.05, 0) is 30.7 Å². The van der Waals surface area contributed by atoms with Gasteiger partial charge >= 0.3 is 0 Å². The molecule has 0 saturated carbocycles. The predicted octanol–water partition coefficient (Wildman–Crippen LogP) is 3.13. The van der Waals surface area contributed by atoms with E-state index in [9.17, 15) is 4.79 Å². The zero-order valence-electron chi connectivity index (χ0n) is 10.7. The molecule has 5 heteroatoms. The van der Waals surface area contributed by atoms with Crippen molar-refractivity contribution in [2.75, 3.05) is 13.7 Å². The molecule has 102 valence electrons. The van der Waals surface area contributed by atoms with E-state index in [0.29, 0.717) is 24.4 Å². The number of carbonyl (C=O) groups is 1. The summed E-state index contributed by atoms with van der Waals surface area (Å²) in [5.41, 5.74) is 6.57. The standard InChI is InChI=1S/C14H16BrNO3/c1-18-5-4-11(16)8-12(17)14-7-9-6-10(15)2-3-13(9)19-14/h2-3,6-7,11H,4-5,8,16H2,1H3. The van der Waals surface area contributed by atoms with E-state index in [2.05, 4.69) is 15.9 Å². The maximum atomic E-state index is 12.0. The van der Waals surface area contributed by atoms with E-state index in [4.69, 9.17) is 14.9 Å². The molecule has 1 atom stereocenters. The second-order valence-electron chi connectivity index (χ2n) is 4.46. The summed E-state index contributed by atoms with van der Waals surface area (Å²) in [6.45, 7) is 0.557. The number of Topliss-reactive ketones (excluding diaryl/α,β-unsaturated/α-hetero) is 1. The Morgan fingerprint density at radius 1 is 1.47 bits per heavy atom. The van der Waals surface area contributed by atoms with Gasteiger partial charge in [0.2, 0.25) is 0 Å². The van der Waals surface area contributed by atoms with E-state index in [1.165, 1.54) is 0 Å². The van der Waals surface area contributed by atoms with Crippen molar-refractivity contribution in [3.63, 3.8) is 0 Å². The van der Waals surface area contributed by atoms with Crippen LogP contribution in [0.2, 0.25) is 0 Å². The zero-order chi connectivity index (χ0) is 13.8. The van der Waals surface area contributed by atoms with Crippen molar-refractivity contribution in [2.24, 2.45) is 5.73 Å². The summed E-state index contributed by atoms with van der Waals surface area (Å²) in [5.74, 6) is 0.289. The van der Waals surface area contributed by atoms with E-state index in [-0.39, 0.29) is 18.2 Å². The Kier molecular flexibility index (Phi) is 4.74. The maximum absolute atomic E-state index is 12.0. The minimum Gasteiger partial charge on any atom is -0.453 e. The van der Waals surface area contributed by atoms with Crippen LogP contribution in [0.4, 0.5) is 0 Å². The predicted molar refractivity (Wildman–Crippen MR) is 77.3 cm³/mol. The number of nitrogens with two attached hydrogens (primary N) is 1. The third-order valence-corrected chi connectivity index (χ3v) is 3.39. The van der Waals surface area contributed by atoms with Gasteiger partial charge in [0, 0.05) is 36.0 Å². The summed E-state index contributed by atoms with van der Waals surface area (Å²) < 4.78 is 11.4. The van der Waals surface area contributed by atoms with Crippen LogP contribution in [-0.4, -0.2) is 25.5 Å². The summed E-state index contributed by atoms with van der Waals surface area (Å²) in [7, 11) is 1.62. The molecule has 2 aromatic rings. The Bertz CT molecular complexity index is 579. The van der Waals surface area contributed by atoms with Crippen LogP contribution in [-0.2, 0) is 4.74 Å². The van der Waals surface area contributed by atoms with Gasteiger partial charge in [-0.2, -0.15) is 0 Å². The van der Waals surface area contributed by atoms with E-state index in [1.54, 1.807) is 13.2 Å². The number of ether oxygens (including phenoxy) is 1. The molecule has 1 aromatic heterocycles.